The van der Waals surface area contributed by atoms with Crippen LogP contribution in [0.4, 0.5) is 5.82 Å². The van der Waals surface area contributed by atoms with Gasteiger partial charge in [-0.05, 0) is 45.0 Å². The van der Waals surface area contributed by atoms with Crippen molar-refractivity contribution in [1.82, 2.24) is 9.88 Å². The van der Waals surface area contributed by atoms with Crippen molar-refractivity contribution in [1.29, 1.82) is 0 Å². The van der Waals surface area contributed by atoms with Crippen LogP contribution in [0.3, 0.4) is 0 Å². The molecule has 0 amide bonds. The maximum absolute atomic E-state index is 5.72. The fourth-order valence-electron chi connectivity index (χ4n) is 2.41. The fraction of sp³-hybridized carbons (Fsp3) is 0.571. The van der Waals surface area contributed by atoms with Gasteiger partial charge in [-0.15, -0.1) is 0 Å². The molecule has 104 valence electrons. The predicted molar refractivity (Wildman–Crippen MR) is 83.6 cm³/mol. The Kier molecular flexibility index (Phi) is 5.10. The lowest BCUT2D eigenvalue weighted by Gasteiger charge is -2.26. The number of hydrogen-bond donors (Lipinski definition) is 2. The van der Waals surface area contributed by atoms with Crippen molar-refractivity contribution in [2.75, 3.05) is 31.5 Å². The number of piperidine rings is 1. The van der Waals surface area contributed by atoms with Crippen LogP contribution in [0.15, 0.2) is 12.1 Å². The molecule has 0 saturated carbocycles. The number of pyridine rings is 1. The molecule has 1 aliphatic rings. The third kappa shape index (κ3) is 4.14. The number of aromatic nitrogens is 1. The molecule has 2 heterocycles. The SMILES string of the molecule is Cc1ccc(C(N)=S)c(NCCN2CCCCC2)n1. The third-order valence-corrected chi connectivity index (χ3v) is 3.69. The molecule has 2 rings (SSSR count). The monoisotopic (exact) mass is 278 g/mol. The van der Waals surface area contributed by atoms with E-state index < -0.39 is 0 Å². The summed E-state index contributed by atoms with van der Waals surface area (Å²) >= 11 is 5.06. The predicted octanol–water partition coefficient (Wildman–Crippen LogP) is 1.92. The summed E-state index contributed by atoms with van der Waals surface area (Å²) in [6.07, 6.45) is 4.01. The van der Waals surface area contributed by atoms with Crippen LogP contribution in [-0.2, 0) is 0 Å². The smallest absolute Gasteiger partial charge is 0.136 e. The number of hydrogen-bond acceptors (Lipinski definition) is 4. The summed E-state index contributed by atoms with van der Waals surface area (Å²) in [6.45, 7) is 6.33. The van der Waals surface area contributed by atoms with E-state index in [1.807, 2.05) is 19.1 Å². The zero-order valence-electron chi connectivity index (χ0n) is 11.5. The standard InChI is InChI=1S/C14H22N4S/c1-11-5-6-12(13(15)19)14(17-11)16-7-10-18-8-3-2-4-9-18/h5-6H,2-4,7-10H2,1H3,(H2,15,19)(H,16,17). The Labute approximate surface area is 120 Å². The number of likely N-dealkylation sites (tertiary alicyclic amines) is 1. The van der Waals surface area contributed by atoms with Crippen LogP contribution < -0.4 is 11.1 Å². The molecule has 0 aromatic carbocycles. The first-order chi connectivity index (χ1) is 9.16. The number of anilines is 1. The summed E-state index contributed by atoms with van der Waals surface area (Å²) in [5.41, 5.74) is 7.53. The van der Waals surface area contributed by atoms with Gasteiger partial charge in [0.15, 0.2) is 0 Å². The molecule has 4 nitrogen and oxygen atoms in total. The van der Waals surface area contributed by atoms with E-state index in [4.69, 9.17) is 18.0 Å². The minimum absolute atomic E-state index is 0.396. The average Bonchev–Trinajstić information content (AvgIpc) is 2.39. The number of rotatable bonds is 5. The van der Waals surface area contributed by atoms with Crippen molar-refractivity contribution in [3.8, 4) is 0 Å². The first-order valence-electron chi connectivity index (χ1n) is 6.90. The molecule has 19 heavy (non-hydrogen) atoms. The van der Waals surface area contributed by atoms with Crippen LogP contribution in [0.5, 0.6) is 0 Å². The Morgan fingerprint density at radius 3 is 2.79 bits per heavy atom. The summed E-state index contributed by atoms with van der Waals surface area (Å²) in [7, 11) is 0. The lowest BCUT2D eigenvalue weighted by atomic mass is 10.1. The first kappa shape index (κ1) is 14.2. The van der Waals surface area contributed by atoms with Gasteiger partial charge in [0.25, 0.3) is 0 Å². The molecule has 0 unspecified atom stereocenters. The summed E-state index contributed by atoms with van der Waals surface area (Å²) in [5.74, 6) is 0.810. The number of nitrogens with two attached hydrogens (primary N) is 1. The van der Waals surface area contributed by atoms with Gasteiger partial charge in [0, 0.05) is 18.8 Å². The minimum Gasteiger partial charge on any atom is -0.389 e. The highest BCUT2D eigenvalue weighted by atomic mass is 32.1. The van der Waals surface area contributed by atoms with Crippen LogP contribution in [-0.4, -0.2) is 41.1 Å². The lowest BCUT2D eigenvalue weighted by Crippen LogP contribution is -2.34. The van der Waals surface area contributed by atoms with Crippen molar-refractivity contribution < 1.29 is 0 Å². The number of nitrogens with zero attached hydrogens (tertiary/aromatic N) is 2. The Bertz CT molecular complexity index is 441. The van der Waals surface area contributed by atoms with E-state index in [-0.39, 0.29) is 0 Å². The Balaban J connectivity index is 1.91. The molecule has 3 N–H and O–H groups in total. The normalized spacial score (nSPS) is 16.3. The Hall–Kier alpha value is -1.20. The van der Waals surface area contributed by atoms with Crippen molar-refractivity contribution in [3.05, 3.63) is 23.4 Å². The van der Waals surface area contributed by atoms with Crippen LogP contribution in [0.1, 0.15) is 30.5 Å². The molecular weight excluding hydrogens is 256 g/mol. The third-order valence-electron chi connectivity index (χ3n) is 3.47. The topological polar surface area (TPSA) is 54.2 Å². The van der Waals surface area contributed by atoms with Gasteiger partial charge in [-0.25, -0.2) is 4.98 Å². The van der Waals surface area contributed by atoms with E-state index in [9.17, 15) is 0 Å². The molecule has 1 aromatic rings. The maximum atomic E-state index is 5.72. The highest BCUT2D eigenvalue weighted by Gasteiger charge is 2.10. The van der Waals surface area contributed by atoms with E-state index in [1.54, 1.807) is 0 Å². The number of aryl methyl sites for hydroxylation is 1. The van der Waals surface area contributed by atoms with Gasteiger partial charge in [0.05, 0.1) is 5.56 Å². The molecule has 0 aliphatic carbocycles. The van der Waals surface area contributed by atoms with Crippen LogP contribution >= 0.6 is 12.2 Å². The van der Waals surface area contributed by atoms with Crippen LogP contribution in [0.25, 0.3) is 0 Å². The fourth-order valence-corrected chi connectivity index (χ4v) is 2.57. The van der Waals surface area contributed by atoms with Gasteiger partial charge in [0.2, 0.25) is 0 Å². The summed E-state index contributed by atoms with van der Waals surface area (Å²) < 4.78 is 0. The second-order valence-corrected chi connectivity index (χ2v) is 5.48. The molecule has 1 aromatic heterocycles. The Morgan fingerprint density at radius 1 is 1.37 bits per heavy atom. The van der Waals surface area contributed by atoms with Gasteiger partial charge in [-0.3, -0.25) is 0 Å². The van der Waals surface area contributed by atoms with E-state index in [1.165, 1.54) is 32.4 Å². The molecule has 0 atom stereocenters. The zero-order chi connectivity index (χ0) is 13.7. The van der Waals surface area contributed by atoms with E-state index in [2.05, 4.69) is 15.2 Å². The van der Waals surface area contributed by atoms with Crippen molar-refractivity contribution in [2.45, 2.75) is 26.2 Å². The number of thiocarbonyl (C=S) groups is 1. The van der Waals surface area contributed by atoms with Crippen molar-refractivity contribution in [3.63, 3.8) is 0 Å². The highest BCUT2D eigenvalue weighted by Crippen LogP contribution is 2.13. The van der Waals surface area contributed by atoms with Crippen LogP contribution in [0, 0.1) is 6.92 Å². The molecule has 0 bridgehead atoms. The van der Waals surface area contributed by atoms with Gasteiger partial charge >= 0.3 is 0 Å². The summed E-state index contributed by atoms with van der Waals surface area (Å²) in [4.78, 5) is 7.37. The van der Waals surface area contributed by atoms with Crippen molar-refractivity contribution in [2.24, 2.45) is 5.73 Å². The first-order valence-corrected chi connectivity index (χ1v) is 7.31. The molecular formula is C14H22N4S. The van der Waals surface area contributed by atoms with E-state index >= 15 is 0 Å². The number of nitrogens with one attached hydrogen (secondary N) is 1. The molecule has 0 radical (unpaired) electrons. The second-order valence-electron chi connectivity index (χ2n) is 5.04. The average molecular weight is 278 g/mol. The molecule has 1 saturated heterocycles. The van der Waals surface area contributed by atoms with Gasteiger partial charge < -0.3 is 16.0 Å². The van der Waals surface area contributed by atoms with Gasteiger partial charge in [-0.2, -0.15) is 0 Å². The largest absolute Gasteiger partial charge is 0.389 e. The minimum atomic E-state index is 0.396. The van der Waals surface area contributed by atoms with Gasteiger partial charge in [-0.1, -0.05) is 18.6 Å². The lowest BCUT2D eigenvalue weighted by molar-refractivity contribution is 0.237. The summed E-state index contributed by atoms with van der Waals surface area (Å²) in [5, 5.41) is 3.36. The quantitative estimate of drug-likeness (QED) is 0.806. The molecule has 1 fully saturated rings. The van der Waals surface area contributed by atoms with E-state index in [0.717, 1.165) is 30.2 Å². The molecule has 1 aliphatic heterocycles. The van der Waals surface area contributed by atoms with Crippen molar-refractivity contribution >= 4 is 23.0 Å². The maximum Gasteiger partial charge on any atom is 0.136 e. The summed E-state index contributed by atoms with van der Waals surface area (Å²) in [6, 6.07) is 3.87. The second kappa shape index (κ2) is 6.82. The molecule has 0 spiro atoms. The molecule has 5 heteroatoms. The Morgan fingerprint density at radius 2 is 2.11 bits per heavy atom. The van der Waals surface area contributed by atoms with E-state index in [0.29, 0.717) is 4.99 Å². The van der Waals surface area contributed by atoms with Crippen LogP contribution in [0.2, 0.25) is 0 Å². The zero-order valence-corrected chi connectivity index (χ0v) is 12.3. The highest BCUT2D eigenvalue weighted by molar-refractivity contribution is 7.80. The van der Waals surface area contributed by atoms with Gasteiger partial charge in [0.1, 0.15) is 10.8 Å².